The first kappa shape index (κ1) is 24.0. The number of ether oxygens (including phenoxy) is 2. The number of hydrogen-bond acceptors (Lipinski definition) is 7. The Bertz CT molecular complexity index is 1330. The summed E-state index contributed by atoms with van der Waals surface area (Å²) in [7, 11) is 1.29. The van der Waals surface area contributed by atoms with E-state index in [0.29, 0.717) is 10.6 Å². The predicted octanol–water partition coefficient (Wildman–Crippen LogP) is 5.02. The number of rotatable bonds is 7. The lowest BCUT2D eigenvalue weighted by atomic mass is 10.1. The third kappa shape index (κ3) is 5.76. The van der Waals surface area contributed by atoms with Crippen LogP contribution in [0.15, 0.2) is 72.3 Å². The highest BCUT2D eigenvalue weighted by atomic mass is 35.5. The number of carbonyl (C=O) groups is 2. The second-order valence-electron chi connectivity index (χ2n) is 6.70. The zero-order chi connectivity index (χ0) is 24.7. The van der Waals surface area contributed by atoms with Crippen LogP contribution in [0.5, 0.6) is 11.5 Å². The fourth-order valence-electron chi connectivity index (χ4n) is 2.83. The molecule has 0 atom stereocenters. The standard InChI is InChI=1S/C24H16ClN3O6/c1-33-22-13-19(28(31)32)10-11-20(22)27-23(29)17(14-26)12-16-4-2-3-5-21(16)34-24(30)15-6-8-18(25)9-7-15/h2-13H,1H3,(H,27,29)/b17-12+. The summed E-state index contributed by atoms with van der Waals surface area (Å²) in [5.74, 6) is -1.24. The van der Waals surface area contributed by atoms with E-state index in [4.69, 9.17) is 21.1 Å². The highest BCUT2D eigenvalue weighted by Gasteiger charge is 2.17. The van der Waals surface area contributed by atoms with Crippen LogP contribution in [0.1, 0.15) is 15.9 Å². The number of carbonyl (C=O) groups excluding carboxylic acids is 2. The minimum absolute atomic E-state index is 0.0529. The monoisotopic (exact) mass is 477 g/mol. The quantitative estimate of drug-likeness (QED) is 0.126. The van der Waals surface area contributed by atoms with Crippen molar-refractivity contribution in [3.8, 4) is 17.6 Å². The number of hydrogen-bond donors (Lipinski definition) is 1. The van der Waals surface area contributed by atoms with Gasteiger partial charge in [-0.05, 0) is 42.5 Å². The van der Waals surface area contributed by atoms with Gasteiger partial charge in [0, 0.05) is 16.7 Å². The van der Waals surface area contributed by atoms with Crippen LogP contribution < -0.4 is 14.8 Å². The van der Waals surface area contributed by atoms with E-state index >= 15 is 0 Å². The normalized spacial score (nSPS) is 10.7. The summed E-state index contributed by atoms with van der Waals surface area (Å²) in [5.41, 5.74) is 0.207. The molecule has 0 saturated heterocycles. The summed E-state index contributed by atoms with van der Waals surface area (Å²) in [6.07, 6.45) is 1.26. The molecule has 3 aromatic rings. The van der Waals surface area contributed by atoms with Gasteiger partial charge in [0.2, 0.25) is 0 Å². The van der Waals surface area contributed by atoms with Crippen molar-refractivity contribution < 1.29 is 24.0 Å². The van der Waals surface area contributed by atoms with Crippen LogP contribution in [0.3, 0.4) is 0 Å². The molecule has 1 amide bonds. The molecule has 3 aromatic carbocycles. The average molecular weight is 478 g/mol. The second kappa shape index (κ2) is 10.8. The molecule has 10 heteroatoms. The van der Waals surface area contributed by atoms with Crippen molar-refractivity contribution in [2.24, 2.45) is 0 Å². The number of benzene rings is 3. The highest BCUT2D eigenvalue weighted by Crippen LogP contribution is 2.30. The van der Waals surface area contributed by atoms with E-state index < -0.39 is 16.8 Å². The molecule has 0 spiro atoms. The Morgan fingerprint density at radius 2 is 1.79 bits per heavy atom. The van der Waals surface area contributed by atoms with Crippen molar-refractivity contribution in [3.63, 3.8) is 0 Å². The van der Waals surface area contributed by atoms with Gasteiger partial charge in [0.15, 0.2) is 0 Å². The lowest BCUT2D eigenvalue weighted by molar-refractivity contribution is -0.384. The fraction of sp³-hybridized carbons (Fsp3) is 0.0417. The van der Waals surface area contributed by atoms with Crippen molar-refractivity contribution in [2.45, 2.75) is 0 Å². The number of esters is 1. The van der Waals surface area contributed by atoms with E-state index in [1.807, 2.05) is 0 Å². The number of methoxy groups -OCH3 is 1. The molecule has 0 radical (unpaired) electrons. The van der Waals surface area contributed by atoms with Gasteiger partial charge in [-0.3, -0.25) is 14.9 Å². The molecule has 0 aliphatic carbocycles. The number of halogens is 1. The molecule has 9 nitrogen and oxygen atoms in total. The van der Waals surface area contributed by atoms with Crippen LogP contribution in [0.25, 0.3) is 6.08 Å². The van der Waals surface area contributed by atoms with Gasteiger partial charge in [-0.15, -0.1) is 0 Å². The first-order chi connectivity index (χ1) is 16.3. The van der Waals surface area contributed by atoms with Crippen molar-refractivity contribution >= 4 is 40.9 Å². The largest absolute Gasteiger partial charge is 0.494 e. The summed E-state index contributed by atoms with van der Waals surface area (Å²) in [5, 5.41) is 23.4. The summed E-state index contributed by atoms with van der Waals surface area (Å²) in [6, 6.07) is 17.9. The number of nitrogens with zero attached hydrogens (tertiary/aromatic N) is 2. The SMILES string of the molecule is COc1cc([N+](=O)[O-])ccc1NC(=O)/C(C#N)=C/c1ccccc1OC(=O)c1ccc(Cl)cc1. The maximum absolute atomic E-state index is 12.7. The summed E-state index contributed by atoms with van der Waals surface area (Å²) < 4.78 is 10.5. The number of nitriles is 1. The Kier molecular flexibility index (Phi) is 7.59. The number of para-hydroxylation sites is 1. The second-order valence-corrected chi connectivity index (χ2v) is 7.14. The maximum atomic E-state index is 12.7. The van der Waals surface area contributed by atoms with Crippen molar-refractivity contribution in [1.82, 2.24) is 0 Å². The zero-order valence-electron chi connectivity index (χ0n) is 17.7. The maximum Gasteiger partial charge on any atom is 0.343 e. The van der Waals surface area contributed by atoms with Crippen LogP contribution >= 0.6 is 11.6 Å². The Morgan fingerprint density at radius 1 is 1.09 bits per heavy atom. The van der Waals surface area contributed by atoms with Crippen LogP contribution in [0.4, 0.5) is 11.4 Å². The minimum atomic E-state index is -0.784. The lowest BCUT2D eigenvalue weighted by Crippen LogP contribution is -2.14. The van der Waals surface area contributed by atoms with Gasteiger partial charge in [-0.25, -0.2) is 4.79 Å². The number of amides is 1. The Labute approximate surface area is 198 Å². The van der Waals surface area contributed by atoms with E-state index in [1.165, 1.54) is 43.5 Å². The molecular formula is C24H16ClN3O6. The fourth-order valence-corrected chi connectivity index (χ4v) is 2.95. The molecule has 0 heterocycles. The predicted molar refractivity (Wildman–Crippen MR) is 125 cm³/mol. The third-order valence-corrected chi connectivity index (χ3v) is 4.76. The molecule has 0 bridgehead atoms. The van der Waals surface area contributed by atoms with E-state index in [1.54, 1.807) is 36.4 Å². The number of nitro groups is 1. The number of non-ortho nitro benzene ring substituents is 1. The topological polar surface area (TPSA) is 132 Å². The van der Waals surface area contributed by atoms with E-state index in [-0.39, 0.29) is 34.0 Å². The number of nitro benzene ring substituents is 1. The van der Waals surface area contributed by atoms with E-state index in [0.717, 1.165) is 6.07 Å². The molecule has 0 saturated carbocycles. The lowest BCUT2D eigenvalue weighted by Gasteiger charge is -2.10. The van der Waals surface area contributed by atoms with Crippen LogP contribution in [-0.4, -0.2) is 23.9 Å². The van der Waals surface area contributed by atoms with E-state index in [9.17, 15) is 25.0 Å². The summed E-state index contributed by atoms with van der Waals surface area (Å²) >= 11 is 5.84. The minimum Gasteiger partial charge on any atom is -0.494 e. The summed E-state index contributed by atoms with van der Waals surface area (Å²) in [6.45, 7) is 0. The van der Waals surface area contributed by atoms with Gasteiger partial charge >= 0.3 is 5.97 Å². The van der Waals surface area contributed by atoms with Gasteiger partial charge < -0.3 is 14.8 Å². The zero-order valence-corrected chi connectivity index (χ0v) is 18.4. The molecule has 34 heavy (non-hydrogen) atoms. The molecule has 170 valence electrons. The molecule has 0 unspecified atom stereocenters. The highest BCUT2D eigenvalue weighted by molar-refractivity contribution is 6.30. The number of nitrogens with one attached hydrogen (secondary N) is 1. The molecule has 1 N–H and O–H groups in total. The molecule has 0 aliphatic rings. The van der Waals surface area contributed by atoms with Gasteiger partial charge in [-0.1, -0.05) is 29.8 Å². The van der Waals surface area contributed by atoms with Crippen LogP contribution in [-0.2, 0) is 4.79 Å². The summed E-state index contributed by atoms with van der Waals surface area (Å²) in [4.78, 5) is 35.5. The van der Waals surface area contributed by atoms with Gasteiger partial charge in [0.25, 0.3) is 11.6 Å². The van der Waals surface area contributed by atoms with Gasteiger partial charge in [0.1, 0.15) is 23.1 Å². The molecule has 0 fully saturated rings. The van der Waals surface area contributed by atoms with Crippen molar-refractivity contribution in [2.75, 3.05) is 12.4 Å². The number of anilines is 1. The Morgan fingerprint density at radius 3 is 2.44 bits per heavy atom. The molecule has 0 aromatic heterocycles. The van der Waals surface area contributed by atoms with Crippen molar-refractivity contribution in [1.29, 1.82) is 5.26 Å². The first-order valence-electron chi connectivity index (χ1n) is 9.64. The Hall–Kier alpha value is -4.68. The van der Waals surface area contributed by atoms with Gasteiger partial charge in [-0.2, -0.15) is 5.26 Å². The van der Waals surface area contributed by atoms with E-state index in [2.05, 4.69) is 5.32 Å². The smallest absolute Gasteiger partial charge is 0.343 e. The average Bonchev–Trinajstić information content (AvgIpc) is 2.83. The molecule has 0 aliphatic heterocycles. The van der Waals surface area contributed by atoms with Gasteiger partial charge in [0.05, 0.1) is 29.4 Å². The Balaban J connectivity index is 1.85. The molecular weight excluding hydrogens is 462 g/mol. The molecule has 3 rings (SSSR count). The van der Waals surface area contributed by atoms with Crippen molar-refractivity contribution in [3.05, 3.63) is 98.6 Å². The van der Waals surface area contributed by atoms with Crippen LogP contribution in [0.2, 0.25) is 5.02 Å². The third-order valence-electron chi connectivity index (χ3n) is 4.51. The van der Waals surface area contributed by atoms with Crippen LogP contribution in [0, 0.1) is 21.4 Å². The first-order valence-corrected chi connectivity index (χ1v) is 10.0.